The van der Waals surface area contributed by atoms with Crippen molar-refractivity contribution in [3.05, 3.63) is 51.2 Å². The molecule has 2 N–H and O–H groups in total. The second-order valence-corrected chi connectivity index (χ2v) is 6.50. The van der Waals surface area contributed by atoms with Crippen LogP contribution in [-0.2, 0) is 9.59 Å². The van der Waals surface area contributed by atoms with Crippen molar-refractivity contribution in [2.45, 2.75) is 19.8 Å². The van der Waals surface area contributed by atoms with E-state index in [1.807, 2.05) is 19.1 Å². The molecule has 2 amide bonds. The highest BCUT2D eigenvalue weighted by atomic mass is 35.5. The zero-order chi connectivity index (χ0) is 16.7. The zero-order valence-electron chi connectivity index (χ0n) is 12.5. The Morgan fingerprint density at radius 3 is 2.61 bits per heavy atom. The average molecular weight is 350 g/mol. The summed E-state index contributed by atoms with van der Waals surface area (Å²) in [4.78, 5) is 25.5. The van der Waals surface area contributed by atoms with Crippen LogP contribution in [0.3, 0.4) is 0 Å². The van der Waals surface area contributed by atoms with E-state index in [1.54, 1.807) is 41.8 Å². The molecule has 5 nitrogen and oxygen atoms in total. The summed E-state index contributed by atoms with van der Waals surface area (Å²) in [6.45, 7) is 2.00. The fourth-order valence-electron chi connectivity index (χ4n) is 1.75. The molecule has 0 aliphatic carbocycles. The summed E-state index contributed by atoms with van der Waals surface area (Å²) in [7, 11) is 0. The summed E-state index contributed by atoms with van der Waals surface area (Å²) in [5.74, 6) is -0.588. The van der Waals surface area contributed by atoms with Crippen molar-refractivity contribution in [2.75, 3.05) is 5.32 Å². The number of anilines is 1. The van der Waals surface area contributed by atoms with Crippen LogP contribution < -0.4 is 10.7 Å². The van der Waals surface area contributed by atoms with Crippen LogP contribution in [0, 0.1) is 6.92 Å². The van der Waals surface area contributed by atoms with E-state index in [-0.39, 0.29) is 24.7 Å². The maximum absolute atomic E-state index is 11.8. The van der Waals surface area contributed by atoms with Gasteiger partial charge in [-0.15, -0.1) is 11.3 Å². The second kappa shape index (κ2) is 8.45. The lowest BCUT2D eigenvalue weighted by Gasteiger charge is -2.06. The van der Waals surface area contributed by atoms with Crippen LogP contribution in [0.15, 0.2) is 41.5 Å². The van der Waals surface area contributed by atoms with Gasteiger partial charge in [0.05, 0.1) is 16.9 Å². The molecular formula is C16H16ClN3O2S. The van der Waals surface area contributed by atoms with Gasteiger partial charge in [0.15, 0.2) is 0 Å². The number of halogens is 1. The molecule has 1 heterocycles. The SMILES string of the molecule is Cc1ccc(C=NNC(=O)CCC(=O)Nc2ccccc2Cl)s1. The lowest BCUT2D eigenvalue weighted by Crippen LogP contribution is -2.20. The molecule has 0 unspecified atom stereocenters. The maximum atomic E-state index is 11.8. The van der Waals surface area contributed by atoms with Gasteiger partial charge < -0.3 is 5.32 Å². The number of rotatable bonds is 6. The summed E-state index contributed by atoms with van der Waals surface area (Å²) in [6, 6.07) is 10.8. The zero-order valence-corrected chi connectivity index (χ0v) is 14.1. The van der Waals surface area contributed by atoms with Crippen molar-refractivity contribution in [2.24, 2.45) is 5.10 Å². The Bertz CT molecular complexity index is 728. The Labute approximate surface area is 143 Å². The molecule has 1 aromatic heterocycles. The molecule has 7 heteroatoms. The van der Waals surface area contributed by atoms with Crippen molar-refractivity contribution in [1.29, 1.82) is 0 Å². The van der Waals surface area contributed by atoms with Crippen LogP contribution in [0.2, 0.25) is 5.02 Å². The molecule has 1 aromatic carbocycles. The van der Waals surface area contributed by atoms with Gasteiger partial charge in [0.2, 0.25) is 11.8 Å². The van der Waals surface area contributed by atoms with E-state index in [4.69, 9.17) is 11.6 Å². The Kier molecular flexibility index (Phi) is 6.31. The lowest BCUT2D eigenvalue weighted by atomic mass is 10.2. The van der Waals surface area contributed by atoms with Gasteiger partial charge in [-0.3, -0.25) is 9.59 Å². The van der Waals surface area contributed by atoms with E-state index in [1.165, 1.54) is 4.88 Å². The molecule has 2 rings (SSSR count). The Morgan fingerprint density at radius 1 is 1.17 bits per heavy atom. The number of hydrogen-bond acceptors (Lipinski definition) is 4. The van der Waals surface area contributed by atoms with E-state index >= 15 is 0 Å². The van der Waals surface area contributed by atoms with Crippen LogP contribution in [0.1, 0.15) is 22.6 Å². The predicted molar refractivity (Wildman–Crippen MR) is 94.1 cm³/mol. The lowest BCUT2D eigenvalue weighted by molar-refractivity contribution is -0.124. The van der Waals surface area contributed by atoms with Crippen molar-refractivity contribution in [1.82, 2.24) is 5.43 Å². The largest absolute Gasteiger partial charge is 0.325 e. The highest BCUT2D eigenvalue weighted by molar-refractivity contribution is 7.13. The molecular weight excluding hydrogens is 334 g/mol. The minimum Gasteiger partial charge on any atom is -0.325 e. The number of amides is 2. The summed E-state index contributed by atoms with van der Waals surface area (Å²) in [5.41, 5.74) is 2.94. The molecule has 0 atom stereocenters. The van der Waals surface area contributed by atoms with Gasteiger partial charge in [-0.05, 0) is 31.2 Å². The number of carbonyl (C=O) groups excluding carboxylic acids is 2. The maximum Gasteiger partial charge on any atom is 0.240 e. The minimum absolute atomic E-state index is 0.0527. The van der Waals surface area contributed by atoms with Gasteiger partial charge in [0, 0.05) is 22.6 Å². The van der Waals surface area contributed by atoms with Crippen LogP contribution in [0.5, 0.6) is 0 Å². The number of hydrazone groups is 1. The minimum atomic E-state index is -0.316. The molecule has 0 aliphatic rings. The van der Waals surface area contributed by atoms with Crippen LogP contribution >= 0.6 is 22.9 Å². The first-order valence-corrected chi connectivity index (χ1v) is 8.17. The summed E-state index contributed by atoms with van der Waals surface area (Å²) >= 11 is 7.53. The molecule has 0 spiro atoms. The third-order valence-corrected chi connectivity index (χ3v) is 4.13. The average Bonchev–Trinajstić information content (AvgIpc) is 2.93. The van der Waals surface area contributed by atoms with Crippen molar-refractivity contribution in [3.63, 3.8) is 0 Å². The number of aryl methyl sites for hydroxylation is 1. The first-order chi connectivity index (χ1) is 11.0. The topological polar surface area (TPSA) is 70.6 Å². The summed E-state index contributed by atoms with van der Waals surface area (Å²) in [5, 5.41) is 6.99. The Morgan fingerprint density at radius 2 is 1.91 bits per heavy atom. The normalized spacial score (nSPS) is 10.7. The first-order valence-electron chi connectivity index (χ1n) is 6.97. The number of nitrogens with zero attached hydrogens (tertiary/aromatic N) is 1. The summed E-state index contributed by atoms with van der Waals surface area (Å²) in [6.07, 6.45) is 1.70. The Balaban J connectivity index is 1.72. The van der Waals surface area contributed by atoms with E-state index < -0.39 is 0 Å². The highest BCUT2D eigenvalue weighted by Crippen LogP contribution is 2.20. The molecule has 0 fully saturated rings. The van der Waals surface area contributed by atoms with Gasteiger partial charge in [0.25, 0.3) is 0 Å². The standard InChI is InChI=1S/C16H16ClN3O2S/c1-11-6-7-12(23-11)10-18-20-16(22)9-8-15(21)19-14-5-3-2-4-13(14)17/h2-7,10H,8-9H2,1H3,(H,19,21)(H,20,22). The van der Waals surface area contributed by atoms with E-state index in [9.17, 15) is 9.59 Å². The quantitative estimate of drug-likeness (QED) is 0.618. The third-order valence-electron chi connectivity index (χ3n) is 2.87. The molecule has 0 saturated carbocycles. The van der Waals surface area contributed by atoms with Crippen molar-refractivity contribution < 1.29 is 9.59 Å². The fraction of sp³-hybridized carbons (Fsp3) is 0.188. The molecule has 0 saturated heterocycles. The second-order valence-electron chi connectivity index (χ2n) is 4.77. The molecule has 0 bridgehead atoms. The van der Waals surface area contributed by atoms with Crippen LogP contribution in [0.25, 0.3) is 0 Å². The van der Waals surface area contributed by atoms with Gasteiger partial charge in [-0.1, -0.05) is 23.7 Å². The third kappa shape index (κ3) is 5.84. The molecule has 2 aromatic rings. The molecule has 0 radical (unpaired) electrons. The molecule has 120 valence electrons. The smallest absolute Gasteiger partial charge is 0.240 e. The van der Waals surface area contributed by atoms with Gasteiger partial charge >= 0.3 is 0 Å². The number of thiophene rings is 1. The van der Waals surface area contributed by atoms with Crippen molar-refractivity contribution >= 4 is 46.7 Å². The van der Waals surface area contributed by atoms with Crippen LogP contribution in [-0.4, -0.2) is 18.0 Å². The van der Waals surface area contributed by atoms with Gasteiger partial charge in [-0.25, -0.2) is 5.43 Å². The fourth-order valence-corrected chi connectivity index (χ4v) is 2.68. The highest BCUT2D eigenvalue weighted by Gasteiger charge is 2.08. The van der Waals surface area contributed by atoms with Crippen LogP contribution in [0.4, 0.5) is 5.69 Å². The summed E-state index contributed by atoms with van der Waals surface area (Å²) < 4.78 is 0. The first kappa shape index (κ1) is 17.2. The molecule has 0 aliphatic heterocycles. The van der Waals surface area contributed by atoms with E-state index in [0.29, 0.717) is 10.7 Å². The number of hydrogen-bond donors (Lipinski definition) is 2. The predicted octanol–water partition coefficient (Wildman–Crippen LogP) is 3.58. The number of carbonyl (C=O) groups is 2. The monoisotopic (exact) mass is 349 g/mol. The Hall–Kier alpha value is -2.18. The van der Waals surface area contributed by atoms with Gasteiger partial charge in [0.1, 0.15) is 0 Å². The number of para-hydroxylation sites is 1. The number of benzene rings is 1. The van der Waals surface area contributed by atoms with Gasteiger partial charge in [-0.2, -0.15) is 5.10 Å². The molecule has 23 heavy (non-hydrogen) atoms. The van der Waals surface area contributed by atoms with E-state index in [2.05, 4.69) is 15.8 Å². The number of nitrogens with one attached hydrogen (secondary N) is 2. The van der Waals surface area contributed by atoms with E-state index in [0.717, 1.165) is 4.88 Å². The van der Waals surface area contributed by atoms with Crippen molar-refractivity contribution in [3.8, 4) is 0 Å².